The minimum Gasteiger partial charge on any atom is -0.411 e. The molecular formula is C17H24N2O2. The van der Waals surface area contributed by atoms with E-state index < -0.39 is 5.60 Å². The third kappa shape index (κ3) is 5.22. The summed E-state index contributed by atoms with van der Waals surface area (Å²) in [6.45, 7) is 4.23. The summed E-state index contributed by atoms with van der Waals surface area (Å²) in [4.78, 5) is 0. The molecule has 0 radical (unpaired) electrons. The minimum absolute atomic E-state index is 0.156. The molecule has 1 aromatic carbocycles. The fraction of sp³-hybridized carbons (Fsp3) is 0.471. The van der Waals surface area contributed by atoms with E-state index in [2.05, 4.69) is 17.0 Å². The van der Waals surface area contributed by atoms with E-state index in [9.17, 15) is 5.11 Å². The maximum absolute atomic E-state index is 10.5. The summed E-state index contributed by atoms with van der Waals surface area (Å²) < 4.78 is 0. The summed E-state index contributed by atoms with van der Waals surface area (Å²) in [5, 5.41) is 22.6. The number of rotatable bonds is 6. The van der Waals surface area contributed by atoms with Gasteiger partial charge in [0.1, 0.15) is 11.3 Å². The molecule has 1 aromatic rings. The standard InChI is InChI=1S/C17H24N2O2/c1-3-9-17(20,10-4-2)11-8-14-6-5-7-15(12-14)16(13-18)19-21/h5-7,12,20-21H,3-4,9-10,13,18H2,1-2H3/b19-16-. The van der Waals surface area contributed by atoms with E-state index in [0.29, 0.717) is 18.6 Å². The normalized spacial score (nSPS) is 11.9. The summed E-state index contributed by atoms with van der Waals surface area (Å²) in [6, 6.07) is 7.32. The van der Waals surface area contributed by atoms with Crippen LogP contribution in [0, 0.1) is 11.8 Å². The summed E-state index contributed by atoms with van der Waals surface area (Å²) in [5.74, 6) is 6.01. The Hall–Kier alpha value is -1.83. The predicted octanol–water partition coefficient (Wildman–Crippen LogP) is 2.51. The molecule has 0 fully saturated rings. The Labute approximate surface area is 126 Å². The Morgan fingerprint density at radius 1 is 1.29 bits per heavy atom. The molecule has 0 atom stereocenters. The Balaban J connectivity index is 3.03. The quantitative estimate of drug-likeness (QED) is 0.326. The minimum atomic E-state index is -0.929. The Kier molecular flexibility index (Phi) is 6.93. The van der Waals surface area contributed by atoms with E-state index in [4.69, 9.17) is 10.9 Å². The maximum Gasteiger partial charge on any atom is 0.125 e. The van der Waals surface area contributed by atoms with Gasteiger partial charge in [-0.1, -0.05) is 55.8 Å². The second-order valence-corrected chi connectivity index (χ2v) is 5.11. The van der Waals surface area contributed by atoms with E-state index in [1.165, 1.54) is 0 Å². The van der Waals surface area contributed by atoms with Gasteiger partial charge in [-0.2, -0.15) is 0 Å². The van der Waals surface area contributed by atoms with Crippen LogP contribution in [-0.4, -0.2) is 28.2 Å². The van der Waals surface area contributed by atoms with Gasteiger partial charge in [-0.05, 0) is 25.0 Å². The number of oxime groups is 1. The van der Waals surface area contributed by atoms with Gasteiger partial charge in [0, 0.05) is 17.7 Å². The number of nitrogens with zero attached hydrogens (tertiary/aromatic N) is 1. The molecule has 0 amide bonds. The van der Waals surface area contributed by atoms with E-state index in [1.807, 2.05) is 38.1 Å². The topological polar surface area (TPSA) is 78.8 Å². The molecule has 0 saturated carbocycles. The summed E-state index contributed by atoms with van der Waals surface area (Å²) in [6.07, 6.45) is 3.11. The molecule has 0 saturated heterocycles. The smallest absolute Gasteiger partial charge is 0.125 e. The van der Waals surface area contributed by atoms with Crippen LogP contribution in [-0.2, 0) is 0 Å². The van der Waals surface area contributed by atoms with Crippen LogP contribution in [0.15, 0.2) is 29.4 Å². The molecule has 0 aliphatic rings. The van der Waals surface area contributed by atoms with Crippen molar-refractivity contribution in [3.05, 3.63) is 35.4 Å². The molecule has 0 bridgehead atoms. The largest absolute Gasteiger partial charge is 0.411 e. The van der Waals surface area contributed by atoms with Crippen LogP contribution in [0.25, 0.3) is 0 Å². The van der Waals surface area contributed by atoms with Gasteiger partial charge in [-0.15, -0.1) is 0 Å². The molecule has 4 N–H and O–H groups in total. The first-order valence-electron chi connectivity index (χ1n) is 7.35. The summed E-state index contributed by atoms with van der Waals surface area (Å²) >= 11 is 0. The van der Waals surface area contributed by atoms with Gasteiger partial charge in [0.2, 0.25) is 0 Å². The molecule has 114 valence electrons. The van der Waals surface area contributed by atoms with Crippen LogP contribution in [0.4, 0.5) is 0 Å². The number of aliphatic hydroxyl groups is 1. The highest BCUT2D eigenvalue weighted by Crippen LogP contribution is 2.18. The molecule has 0 aliphatic carbocycles. The molecule has 1 rings (SSSR count). The van der Waals surface area contributed by atoms with Gasteiger partial charge in [-0.25, -0.2) is 0 Å². The zero-order valence-corrected chi connectivity index (χ0v) is 12.8. The molecular weight excluding hydrogens is 264 g/mol. The lowest BCUT2D eigenvalue weighted by Gasteiger charge is -2.20. The lowest BCUT2D eigenvalue weighted by Crippen LogP contribution is -2.25. The van der Waals surface area contributed by atoms with Crippen molar-refractivity contribution in [1.29, 1.82) is 0 Å². The van der Waals surface area contributed by atoms with E-state index in [-0.39, 0.29) is 6.54 Å². The number of hydrogen-bond donors (Lipinski definition) is 3. The summed E-state index contributed by atoms with van der Waals surface area (Å²) in [5.41, 5.74) is 6.51. The van der Waals surface area contributed by atoms with Crippen molar-refractivity contribution >= 4 is 5.71 Å². The molecule has 0 aliphatic heterocycles. The molecule has 4 nitrogen and oxygen atoms in total. The number of benzene rings is 1. The lowest BCUT2D eigenvalue weighted by atomic mass is 9.93. The van der Waals surface area contributed by atoms with Crippen molar-refractivity contribution in [2.75, 3.05) is 6.54 Å². The fourth-order valence-electron chi connectivity index (χ4n) is 2.26. The van der Waals surface area contributed by atoms with Crippen molar-refractivity contribution in [1.82, 2.24) is 0 Å². The van der Waals surface area contributed by atoms with Crippen LogP contribution in [0.2, 0.25) is 0 Å². The Bertz CT molecular complexity index is 535. The average molecular weight is 288 g/mol. The zero-order valence-electron chi connectivity index (χ0n) is 12.8. The molecule has 0 spiro atoms. The molecule has 0 heterocycles. The van der Waals surface area contributed by atoms with E-state index >= 15 is 0 Å². The van der Waals surface area contributed by atoms with Gasteiger partial charge in [-0.3, -0.25) is 0 Å². The number of nitrogens with two attached hydrogens (primary N) is 1. The van der Waals surface area contributed by atoms with Gasteiger partial charge < -0.3 is 16.0 Å². The van der Waals surface area contributed by atoms with Gasteiger partial charge in [0.15, 0.2) is 0 Å². The second-order valence-electron chi connectivity index (χ2n) is 5.11. The first-order chi connectivity index (χ1) is 10.1. The first-order valence-corrected chi connectivity index (χ1v) is 7.35. The Morgan fingerprint density at radius 2 is 1.95 bits per heavy atom. The Morgan fingerprint density at radius 3 is 2.48 bits per heavy atom. The number of hydrogen-bond acceptors (Lipinski definition) is 4. The first kappa shape index (κ1) is 17.2. The molecule has 0 aromatic heterocycles. The third-order valence-electron chi connectivity index (χ3n) is 3.28. The van der Waals surface area contributed by atoms with Crippen LogP contribution in [0.5, 0.6) is 0 Å². The van der Waals surface area contributed by atoms with Crippen molar-refractivity contribution in [2.45, 2.75) is 45.1 Å². The molecule has 0 unspecified atom stereocenters. The predicted molar refractivity (Wildman–Crippen MR) is 85.5 cm³/mol. The zero-order chi connectivity index (χ0) is 15.7. The lowest BCUT2D eigenvalue weighted by molar-refractivity contribution is 0.0807. The van der Waals surface area contributed by atoms with Crippen molar-refractivity contribution in [3.8, 4) is 11.8 Å². The van der Waals surface area contributed by atoms with Gasteiger partial charge >= 0.3 is 0 Å². The van der Waals surface area contributed by atoms with Crippen molar-refractivity contribution in [3.63, 3.8) is 0 Å². The van der Waals surface area contributed by atoms with Crippen molar-refractivity contribution < 1.29 is 10.3 Å². The SMILES string of the molecule is CCCC(O)(C#Cc1cccc(/C(CN)=N\O)c1)CCC. The second kappa shape index (κ2) is 8.46. The van der Waals surface area contributed by atoms with Gasteiger partial charge in [0.05, 0.1) is 0 Å². The van der Waals surface area contributed by atoms with Crippen molar-refractivity contribution in [2.24, 2.45) is 10.9 Å². The van der Waals surface area contributed by atoms with E-state index in [1.54, 1.807) is 0 Å². The maximum atomic E-state index is 10.5. The molecule has 21 heavy (non-hydrogen) atoms. The van der Waals surface area contributed by atoms with Crippen LogP contribution < -0.4 is 5.73 Å². The average Bonchev–Trinajstić information content (AvgIpc) is 2.48. The highest BCUT2D eigenvalue weighted by Gasteiger charge is 2.21. The van der Waals surface area contributed by atoms with Crippen LogP contribution in [0.3, 0.4) is 0 Å². The monoisotopic (exact) mass is 288 g/mol. The highest BCUT2D eigenvalue weighted by atomic mass is 16.4. The highest BCUT2D eigenvalue weighted by molar-refractivity contribution is 6.01. The summed E-state index contributed by atoms with van der Waals surface area (Å²) in [7, 11) is 0. The van der Waals surface area contributed by atoms with Crippen LogP contribution in [0.1, 0.15) is 50.7 Å². The van der Waals surface area contributed by atoms with Gasteiger partial charge in [0.25, 0.3) is 0 Å². The van der Waals surface area contributed by atoms with Crippen LogP contribution >= 0.6 is 0 Å². The third-order valence-corrected chi connectivity index (χ3v) is 3.28. The molecule has 4 heteroatoms. The van der Waals surface area contributed by atoms with E-state index in [0.717, 1.165) is 24.0 Å². The fourth-order valence-corrected chi connectivity index (χ4v) is 2.26.